The van der Waals surface area contributed by atoms with Crippen molar-refractivity contribution in [3.63, 3.8) is 0 Å². The van der Waals surface area contributed by atoms with E-state index >= 15 is 0 Å². The molecule has 6 nitrogen and oxygen atoms in total. The number of hydrogen-bond acceptors (Lipinski definition) is 6. The Morgan fingerprint density at radius 1 is 1.39 bits per heavy atom. The number of carbonyl (C=O) groups is 2. The zero-order valence-corrected chi connectivity index (χ0v) is 14.0. The van der Waals surface area contributed by atoms with Crippen LogP contribution in [0.4, 0.5) is 0 Å². The predicted octanol–water partition coefficient (Wildman–Crippen LogP) is 1.30. The van der Waals surface area contributed by atoms with Gasteiger partial charge in [-0.3, -0.25) is 4.79 Å². The normalized spacial score (nSPS) is 46.1. The highest BCUT2D eigenvalue weighted by atomic mass is 16.7. The molecule has 23 heavy (non-hydrogen) atoms. The molecule has 0 saturated heterocycles. The summed E-state index contributed by atoms with van der Waals surface area (Å²) in [7, 11) is 0. The first kappa shape index (κ1) is 16.5. The third kappa shape index (κ3) is 2.15. The topological polar surface area (TPSA) is 93.1 Å². The summed E-state index contributed by atoms with van der Waals surface area (Å²) < 4.78 is 10.8. The van der Waals surface area contributed by atoms with Gasteiger partial charge in [-0.15, -0.1) is 0 Å². The Bertz CT molecular complexity index is 596. The zero-order chi connectivity index (χ0) is 17.2. The lowest BCUT2D eigenvalue weighted by atomic mass is 9.51. The zero-order valence-electron chi connectivity index (χ0n) is 14.0. The SMILES string of the molecule is CC(=O)O[C@@H]1C2=C(C)C(=O)O[C@]2(O)C[C@H]2CC[C@H](O)[C@H](C)[C@]21C. The molecular weight excluding hydrogens is 300 g/mol. The maximum atomic E-state index is 12.0. The highest BCUT2D eigenvalue weighted by Crippen LogP contribution is 2.60. The number of aliphatic hydroxyl groups excluding tert-OH is 1. The number of hydrogen-bond donors (Lipinski definition) is 2. The summed E-state index contributed by atoms with van der Waals surface area (Å²) in [4.78, 5) is 23.7. The maximum Gasteiger partial charge on any atom is 0.336 e. The highest BCUT2D eigenvalue weighted by Gasteiger charge is 2.65. The number of rotatable bonds is 1. The van der Waals surface area contributed by atoms with Crippen LogP contribution in [0.5, 0.6) is 0 Å². The van der Waals surface area contributed by atoms with Gasteiger partial charge < -0.3 is 19.7 Å². The van der Waals surface area contributed by atoms with Gasteiger partial charge >= 0.3 is 11.9 Å². The van der Waals surface area contributed by atoms with Gasteiger partial charge in [-0.1, -0.05) is 13.8 Å². The van der Waals surface area contributed by atoms with Crippen molar-refractivity contribution in [3.8, 4) is 0 Å². The summed E-state index contributed by atoms with van der Waals surface area (Å²) in [6.07, 6.45) is 0.304. The van der Waals surface area contributed by atoms with Crippen LogP contribution in [0.1, 0.15) is 47.0 Å². The average molecular weight is 324 g/mol. The van der Waals surface area contributed by atoms with Gasteiger partial charge in [-0.2, -0.15) is 0 Å². The van der Waals surface area contributed by atoms with Crippen LogP contribution in [-0.2, 0) is 19.1 Å². The smallest absolute Gasteiger partial charge is 0.336 e. The van der Waals surface area contributed by atoms with Gasteiger partial charge in [0.05, 0.1) is 11.7 Å². The predicted molar refractivity (Wildman–Crippen MR) is 79.9 cm³/mol. The van der Waals surface area contributed by atoms with E-state index in [1.54, 1.807) is 6.92 Å². The van der Waals surface area contributed by atoms with E-state index in [1.165, 1.54) is 6.92 Å². The quantitative estimate of drug-likeness (QED) is 0.706. The molecule has 1 heterocycles. The van der Waals surface area contributed by atoms with Crippen molar-refractivity contribution in [1.29, 1.82) is 0 Å². The van der Waals surface area contributed by atoms with Crippen LogP contribution < -0.4 is 0 Å². The summed E-state index contributed by atoms with van der Waals surface area (Å²) in [5, 5.41) is 21.2. The molecule has 0 bridgehead atoms. The van der Waals surface area contributed by atoms with E-state index in [0.717, 1.165) is 0 Å². The molecule has 0 amide bonds. The van der Waals surface area contributed by atoms with Crippen molar-refractivity contribution < 1.29 is 29.3 Å². The molecule has 0 radical (unpaired) electrons. The summed E-state index contributed by atoms with van der Waals surface area (Å²) in [6, 6.07) is 0. The van der Waals surface area contributed by atoms with Crippen molar-refractivity contribution in [3.05, 3.63) is 11.1 Å². The van der Waals surface area contributed by atoms with E-state index in [-0.39, 0.29) is 18.3 Å². The van der Waals surface area contributed by atoms with E-state index in [4.69, 9.17) is 9.47 Å². The molecule has 2 aliphatic carbocycles. The first-order chi connectivity index (χ1) is 10.6. The molecule has 0 unspecified atom stereocenters. The van der Waals surface area contributed by atoms with Gasteiger partial charge in [-0.05, 0) is 31.6 Å². The highest BCUT2D eigenvalue weighted by molar-refractivity contribution is 5.92. The van der Waals surface area contributed by atoms with Gasteiger partial charge in [0.2, 0.25) is 5.79 Å². The van der Waals surface area contributed by atoms with Crippen LogP contribution >= 0.6 is 0 Å². The Morgan fingerprint density at radius 3 is 2.65 bits per heavy atom. The van der Waals surface area contributed by atoms with Crippen molar-refractivity contribution in [1.82, 2.24) is 0 Å². The fourth-order valence-electron chi connectivity index (χ4n) is 4.73. The summed E-state index contributed by atoms with van der Waals surface area (Å²) in [6.45, 7) is 6.80. The summed E-state index contributed by atoms with van der Waals surface area (Å²) in [5.74, 6) is -2.90. The minimum absolute atomic E-state index is 0.0160. The molecule has 3 rings (SSSR count). The van der Waals surface area contributed by atoms with Gasteiger partial charge in [-0.25, -0.2) is 4.79 Å². The molecule has 128 valence electrons. The molecule has 0 aromatic heterocycles. The van der Waals surface area contributed by atoms with Crippen LogP contribution in [0, 0.1) is 17.3 Å². The molecule has 6 atom stereocenters. The van der Waals surface area contributed by atoms with Crippen LogP contribution in [0.25, 0.3) is 0 Å². The lowest BCUT2D eigenvalue weighted by Gasteiger charge is -2.57. The molecule has 2 N–H and O–H groups in total. The molecule has 0 aromatic carbocycles. The number of fused-ring (bicyclic) bond motifs is 2. The molecule has 2 fully saturated rings. The van der Waals surface area contributed by atoms with E-state index in [1.807, 2.05) is 13.8 Å². The Hall–Kier alpha value is -1.40. The molecule has 1 aliphatic heterocycles. The van der Waals surface area contributed by atoms with Gasteiger partial charge in [0.15, 0.2) is 0 Å². The largest absolute Gasteiger partial charge is 0.457 e. The molecule has 0 spiro atoms. The Labute approximate surface area is 135 Å². The molecule has 0 aromatic rings. The maximum absolute atomic E-state index is 12.0. The molecular formula is C17H24O6. The molecule has 6 heteroatoms. The fraction of sp³-hybridized carbons (Fsp3) is 0.765. The van der Waals surface area contributed by atoms with Crippen molar-refractivity contribution >= 4 is 11.9 Å². The second kappa shape index (κ2) is 5.05. The second-order valence-corrected chi connectivity index (χ2v) is 7.40. The van der Waals surface area contributed by atoms with Gasteiger partial charge in [0.1, 0.15) is 6.10 Å². The molecule has 2 saturated carbocycles. The van der Waals surface area contributed by atoms with Crippen LogP contribution in [0.3, 0.4) is 0 Å². The minimum atomic E-state index is -1.70. The third-order valence-corrected chi connectivity index (χ3v) is 6.28. The Morgan fingerprint density at radius 2 is 2.04 bits per heavy atom. The third-order valence-electron chi connectivity index (χ3n) is 6.28. The number of aliphatic hydroxyl groups is 2. The first-order valence-electron chi connectivity index (χ1n) is 8.13. The van der Waals surface area contributed by atoms with E-state index in [0.29, 0.717) is 24.0 Å². The van der Waals surface area contributed by atoms with Crippen LogP contribution in [-0.4, -0.2) is 40.1 Å². The fourth-order valence-corrected chi connectivity index (χ4v) is 4.73. The Kier molecular flexibility index (Phi) is 3.61. The van der Waals surface area contributed by atoms with Crippen molar-refractivity contribution in [2.75, 3.05) is 0 Å². The lowest BCUT2D eigenvalue weighted by Crippen LogP contribution is -2.61. The van der Waals surface area contributed by atoms with E-state index in [9.17, 15) is 19.8 Å². The minimum Gasteiger partial charge on any atom is -0.457 e. The Balaban J connectivity index is 2.16. The van der Waals surface area contributed by atoms with Gasteiger partial charge in [0, 0.05) is 24.3 Å². The van der Waals surface area contributed by atoms with Gasteiger partial charge in [0.25, 0.3) is 0 Å². The van der Waals surface area contributed by atoms with Crippen LogP contribution in [0.15, 0.2) is 11.1 Å². The monoisotopic (exact) mass is 324 g/mol. The standard InChI is InChI=1S/C17H24O6/c1-8-13-14(22-10(3)18)16(4)9(2)12(19)6-5-11(16)7-17(13,21)23-15(8)20/h9,11-12,14,19,21H,5-7H2,1-4H3/t9-,11+,12-,14+,16+,17+/m0/s1. The van der Waals surface area contributed by atoms with E-state index in [2.05, 4.69) is 0 Å². The van der Waals surface area contributed by atoms with Crippen LogP contribution in [0.2, 0.25) is 0 Å². The average Bonchev–Trinajstić information content (AvgIpc) is 2.67. The lowest BCUT2D eigenvalue weighted by molar-refractivity contribution is -0.233. The summed E-state index contributed by atoms with van der Waals surface area (Å²) >= 11 is 0. The summed E-state index contributed by atoms with van der Waals surface area (Å²) in [5.41, 5.74) is 0.0863. The van der Waals surface area contributed by atoms with Crippen molar-refractivity contribution in [2.24, 2.45) is 17.3 Å². The second-order valence-electron chi connectivity index (χ2n) is 7.40. The molecule has 3 aliphatic rings. The number of esters is 2. The first-order valence-corrected chi connectivity index (χ1v) is 8.13. The van der Waals surface area contributed by atoms with E-state index < -0.39 is 35.3 Å². The number of ether oxygens (including phenoxy) is 2. The van der Waals surface area contributed by atoms with Crippen molar-refractivity contribution in [2.45, 2.75) is 65.0 Å². The number of carbonyl (C=O) groups excluding carboxylic acids is 2.